The van der Waals surface area contributed by atoms with Crippen molar-refractivity contribution >= 4 is 45.0 Å². The first-order valence-corrected chi connectivity index (χ1v) is 13.6. The van der Waals surface area contributed by atoms with Crippen LogP contribution in [-0.2, 0) is 14.3 Å². The van der Waals surface area contributed by atoms with Gasteiger partial charge in [-0.3, -0.25) is 14.7 Å². The predicted molar refractivity (Wildman–Crippen MR) is 136 cm³/mol. The molecule has 4 heterocycles. The lowest BCUT2D eigenvalue weighted by molar-refractivity contribution is -0.139. The van der Waals surface area contributed by atoms with Crippen molar-refractivity contribution in [3.05, 3.63) is 61.9 Å². The second-order valence-corrected chi connectivity index (χ2v) is 11.3. The third-order valence-electron chi connectivity index (χ3n) is 7.27. The number of fused-ring (bicyclic) bond motifs is 2. The Kier molecular flexibility index (Phi) is 7.35. The fourth-order valence-corrected chi connectivity index (χ4v) is 6.77. The van der Waals surface area contributed by atoms with Gasteiger partial charge in [-0.2, -0.15) is 0 Å². The minimum absolute atomic E-state index is 0.0307. The molecule has 2 bridgehead atoms. The zero-order valence-electron chi connectivity index (χ0n) is 20.2. The van der Waals surface area contributed by atoms with Crippen molar-refractivity contribution in [3.8, 4) is 0 Å². The third kappa shape index (κ3) is 4.98. The van der Waals surface area contributed by atoms with E-state index in [4.69, 9.17) is 4.74 Å². The van der Waals surface area contributed by atoms with Gasteiger partial charge in [0.1, 0.15) is 11.9 Å². The Bertz CT molecular complexity index is 1320. The Morgan fingerprint density at radius 3 is 2.79 bits per heavy atom. The maximum Gasteiger partial charge on any atom is 0.338 e. The van der Waals surface area contributed by atoms with E-state index in [0.29, 0.717) is 28.5 Å². The molecule has 5 rings (SSSR count). The summed E-state index contributed by atoms with van der Waals surface area (Å²) in [5, 5.41) is 14.6. The molecule has 2 fully saturated rings. The van der Waals surface area contributed by atoms with E-state index in [1.165, 1.54) is 30.6 Å². The van der Waals surface area contributed by atoms with Gasteiger partial charge in [-0.25, -0.2) is 22.9 Å². The van der Waals surface area contributed by atoms with Crippen molar-refractivity contribution in [1.82, 2.24) is 15.2 Å². The molecular weight excluding hydrogens is 589 g/mol. The summed E-state index contributed by atoms with van der Waals surface area (Å²) in [6.07, 6.45) is 1.38. The molecule has 4 atom stereocenters. The van der Waals surface area contributed by atoms with Gasteiger partial charge in [-0.1, -0.05) is 12.1 Å². The van der Waals surface area contributed by atoms with Crippen LogP contribution in [0.4, 0.5) is 13.2 Å². The normalized spacial score (nSPS) is 26.6. The van der Waals surface area contributed by atoms with Crippen molar-refractivity contribution in [2.45, 2.75) is 49.7 Å². The molecular formula is C25H24BrF3N4O4S. The first-order chi connectivity index (χ1) is 18.1. The summed E-state index contributed by atoms with van der Waals surface area (Å²) in [5.41, 5.74) is 0.754. The van der Waals surface area contributed by atoms with E-state index in [9.17, 15) is 19.1 Å². The summed E-state index contributed by atoms with van der Waals surface area (Å²) < 4.78 is 49.9. The lowest BCUT2D eigenvalue weighted by Gasteiger charge is -2.40. The third-order valence-corrected chi connectivity index (χ3v) is 8.89. The molecule has 8 nitrogen and oxygen atoms in total. The number of carboxylic acids is 1. The summed E-state index contributed by atoms with van der Waals surface area (Å²) in [5.74, 6) is -5.32. The molecule has 3 aliphatic rings. The molecule has 2 saturated heterocycles. The number of alkyl halides is 2. The topological polar surface area (TPSA) is 104 Å². The van der Waals surface area contributed by atoms with Gasteiger partial charge >= 0.3 is 11.9 Å². The number of aromatic nitrogens is 1. The van der Waals surface area contributed by atoms with E-state index >= 15 is 8.78 Å². The summed E-state index contributed by atoms with van der Waals surface area (Å²) in [4.78, 5) is 35.0. The highest BCUT2D eigenvalue weighted by atomic mass is 79.9. The van der Waals surface area contributed by atoms with Crippen LogP contribution in [0.25, 0.3) is 0 Å². The minimum atomic E-state index is -3.00. The number of amidine groups is 1. The van der Waals surface area contributed by atoms with Crippen molar-refractivity contribution in [2.75, 3.05) is 13.7 Å². The second kappa shape index (κ2) is 10.4. The number of nitrogens with zero attached hydrogens (tertiary/aromatic N) is 3. The number of nitrogens with one attached hydrogen (secondary N) is 1. The standard InChI is InChI=1S/C25H24BrF3N4O4S/c1-37-24(36)19-16(11-33-13-7-12(9-18(34)35)8-17(33)25(28,29)10-13)31-22(23-30-5-6-38-23)32-21(19)14-3-2-4-15(27)20(14)26/h2-6,12-13,17,21H,7-11H2,1H3,(H,31,32)(H,34,35)/t12-,13-,17-,21-/m0/s1. The molecule has 2 N–H and O–H groups in total. The fourth-order valence-electron chi connectivity index (χ4n) is 5.70. The van der Waals surface area contributed by atoms with Crippen LogP contribution in [-0.4, -0.2) is 64.4 Å². The average molecular weight is 613 g/mol. The summed E-state index contributed by atoms with van der Waals surface area (Å²) >= 11 is 4.56. The lowest BCUT2D eigenvalue weighted by Crippen LogP contribution is -2.50. The number of hydrogen-bond donors (Lipinski definition) is 2. The molecule has 0 amide bonds. The first kappa shape index (κ1) is 26.8. The smallest absolute Gasteiger partial charge is 0.338 e. The van der Waals surface area contributed by atoms with Crippen molar-refractivity contribution in [1.29, 1.82) is 0 Å². The summed E-state index contributed by atoms with van der Waals surface area (Å²) in [6.45, 7) is -0.0526. The van der Waals surface area contributed by atoms with Crippen LogP contribution in [0.3, 0.4) is 0 Å². The van der Waals surface area contributed by atoms with Gasteiger partial charge in [0.15, 0.2) is 10.8 Å². The highest BCUT2D eigenvalue weighted by molar-refractivity contribution is 9.10. The van der Waals surface area contributed by atoms with Crippen LogP contribution in [0.15, 0.2) is 50.5 Å². The predicted octanol–water partition coefficient (Wildman–Crippen LogP) is 4.53. The SMILES string of the molecule is COC(=O)C1=C(CN2[C@H]3C[C@H](CC(=O)O)C[C@H]2C(F)(F)C3)NC(c2nccs2)=N[C@H]1c1cccc(F)c1Br. The molecule has 0 aliphatic carbocycles. The van der Waals surface area contributed by atoms with Gasteiger partial charge in [0.2, 0.25) is 0 Å². The van der Waals surface area contributed by atoms with E-state index in [2.05, 4.69) is 31.2 Å². The number of piperidine rings is 1. The van der Waals surface area contributed by atoms with E-state index in [1.807, 2.05) is 0 Å². The lowest BCUT2D eigenvalue weighted by atomic mass is 9.87. The number of thiazole rings is 1. The molecule has 2 aromatic rings. The van der Waals surface area contributed by atoms with Gasteiger partial charge < -0.3 is 15.2 Å². The molecule has 0 spiro atoms. The van der Waals surface area contributed by atoms with E-state index in [0.717, 1.165) is 0 Å². The number of ether oxygens (including phenoxy) is 1. The van der Waals surface area contributed by atoms with E-state index in [-0.39, 0.29) is 41.8 Å². The van der Waals surface area contributed by atoms with Crippen molar-refractivity contribution in [3.63, 3.8) is 0 Å². The Morgan fingerprint density at radius 2 is 2.13 bits per heavy atom. The van der Waals surface area contributed by atoms with Gasteiger partial charge in [0.05, 0.1) is 23.2 Å². The molecule has 1 aromatic carbocycles. The Morgan fingerprint density at radius 1 is 1.34 bits per heavy atom. The quantitative estimate of drug-likeness (QED) is 0.443. The Labute approximate surface area is 228 Å². The molecule has 13 heteroatoms. The molecule has 3 aliphatic heterocycles. The number of rotatable bonds is 7. The largest absolute Gasteiger partial charge is 0.481 e. The highest BCUT2D eigenvalue weighted by Crippen LogP contribution is 2.49. The number of benzene rings is 1. The monoisotopic (exact) mass is 612 g/mol. The van der Waals surface area contributed by atoms with Crippen molar-refractivity contribution in [2.24, 2.45) is 10.9 Å². The van der Waals surface area contributed by atoms with Crippen LogP contribution in [0.2, 0.25) is 0 Å². The van der Waals surface area contributed by atoms with Gasteiger partial charge in [0.25, 0.3) is 5.92 Å². The minimum Gasteiger partial charge on any atom is -0.481 e. The Hall–Kier alpha value is -2.77. The number of methoxy groups -OCH3 is 1. The number of carboxylic acid groups (broad SMARTS) is 1. The summed E-state index contributed by atoms with van der Waals surface area (Å²) in [6, 6.07) is 1.65. The number of aliphatic imine (C=N–C) groups is 1. The van der Waals surface area contributed by atoms with Gasteiger partial charge in [-0.05, 0) is 46.3 Å². The van der Waals surface area contributed by atoms with E-state index in [1.54, 1.807) is 22.5 Å². The van der Waals surface area contributed by atoms with Crippen LogP contribution in [0, 0.1) is 11.7 Å². The van der Waals surface area contributed by atoms with Crippen LogP contribution in [0.5, 0.6) is 0 Å². The Balaban J connectivity index is 1.58. The number of carbonyl (C=O) groups is 2. The first-order valence-electron chi connectivity index (χ1n) is 11.9. The maximum absolute atomic E-state index is 15.1. The second-order valence-electron chi connectivity index (χ2n) is 9.61. The molecule has 0 radical (unpaired) electrons. The van der Waals surface area contributed by atoms with Crippen LogP contribution < -0.4 is 5.32 Å². The van der Waals surface area contributed by atoms with E-state index < -0.39 is 41.8 Å². The van der Waals surface area contributed by atoms with Gasteiger partial charge in [0, 0.05) is 42.7 Å². The number of hydrogen-bond acceptors (Lipinski definition) is 8. The zero-order valence-corrected chi connectivity index (χ0v) is 22.6. The fraction of sp³-hybridized carbons (Fsp3) is 0.440. The molecule has 38 heavy (non-hydrogen) atoms. The number of esters is 1. The number of carbonyl (C=O) groups excluding carboxylic acids is 1. The molecule has 202 valence electrons. The zero-order chi connectivity index (χ0) is 27.2. The number of aliphatic carboxylic acids is 1. The van der Waals surface area contributed by atoms with Crippen LogP contribution >= 0.6 is 27.3 Å². The molecule has 0 saturated carbocycles. The van der Waals surface area contributed by atoms with Crippen LogP contribution in [0.1, 0.15) is 42.3 Å². The van der Waals surface area contributed by atoms with Gasteiger partial charge in [-0.15, -0.1) is 11.3 Å². The average Bonchev–Trinajstić information content (AvgIpc) is 3.44. The maximum atomic E-state index is 15.1. The van der Waals surface area contributed by atoms with Crippen molar-refractivity contribution < 1.29 is 32.6 Å². The molecule has 0 unspecified atom stereocenters. The summed E-state index contributed by atoms with van der Waals surface area (Å²) in [7, 11) is 1.21. The molecule has 1 aromatic heterocycles. The highest BCUT2D eigenvalue weighted by Gasteiger charge is 2.57. The number of halogens is 4.